The van der Waals surface area contributed by atoms with Crippen molar-refractivity contribution in [3.05, 3.63) is 94.0 Å². The number of halogens is 2. The lowest BCUT2D eigenvalue weighted by Crippen LogP contribution is -2.37. The van der Waals surface area contributed by atoms with Crippen LogP contribution in [0.15, 0.2) is 72.8 Å². The Bertz CT molecular complexity index is 1150. The molecule has 5 nitrogen and oxygen atoms in total. The lowest BCUT2D eigenvalue weighted by Gasteiger charge is -2.29. The van der Waals surface area contributed by atoms with Crippen LogP contribution in [0.2, 0.25) is 10.0 Å². The number of hydrogen-bond donors (Lipinski definition) is 0. The van der Waals surface area contributed by atoms with E-state index in [2.05, 4.69) is 0 Å². The Morgan fingerprint density at radius 1 is 0.806 bits per heavy atom. The zero-order valence-electron chi connectivity index (χ0n) is 16.5. The summed E-state index contributed by atoms with van der Waals surface area (Å²) in [7, 11) is 0. The second-order valence-electron chi connectivity index (χ2n) is 7.71. The first kappa shape index (κ1) is 20.1. The fraction of sp³-hybridized carbons (Fsp3) is 0.167. The highest BCUT2D eigenvalue weighted by Gasteiger charge is 2.60. The van der Waals surface area contributed by atoms with Gasteiger partial charge in [0.25, 0.3) is 5.91 Å². The highest BCUT2D eigenvalue weighted by Crippen LogP contribution is 2.47. The summed E-state index contributed by atoms with van der Waals surface area (Å²) >= 11 is 12.2. The molecule has 5 rings (SSSR count). The molecule has 0 unspecified atom stereocenters. The lowest BCUT2D eigenvalue weighted by atomic mass is 9.90. The SMILES string of the molecule is Cc1ccc([C@@H]2[C@H]3C(=O)N(c4cc(Cl)cc(Cl)c4)C(=O)[C@@H]3ON2c2ccccc2)cc1. The number of anilines is 2. The first-order valence-electron chi connectivity index (χ1n) is 9.85. The number of imide groups is 1. The van der Waals surface area contributed by atoms with Crippen molar-refractivity contribution in [2.75, 3.05) is 9.96 Å². The Kier molecular flexibility index (Phi) is 4.97. The van der Waals surface area contributed by atoms with Crippen molar-refractivity contribution in [2.45, 2.75) is 19.1 Å². The molecule has 3 aromatic carbocycles. The molecule has 2 aliphatic rings. The molecule has 0 bridgehead atoms. The first-order valence-corrected chi connectivity index (χ1v) is 10.6. The minimum absolute atomic E-state index is 0.336. The highest BCUT2D eigenvalue weighted by molar-refractivity contribution is 6.35. The Hall–Kier alpha value is -2.86. The van der Waals surface area contributed by atoms with Crippen LogP contribution in [0.4, 0.5) is 11.4 Å². The average molecular weight is 453 g/mol. The predicted octanol–water partition coefficient (Wildman–Crippen LogP) is 5.35. The van der Waals surface area contributed by atoms with Gasteiger partial charge in [0.2, 0.25) is 5.91 Å². The van der Waals surface area contributed by atoms with Crippen LogP contribution in [-0.4, -0.2) is 17.9 Å². The second-order valence-corrected chi connectivity index (χ2v) is 8.58. The van der Waals surface area contributed by atoms with Gasteiger partial charge >= 0.3 is 0 Å². The van der Waals surface area contributed by atoms with Crippen molar-refractivity contribution in [3.8, 4) is 0 Å². The maximum atomic E-state index is 13.6. The molecule has 2 aliphatic heterocycles. The van der Waals surface area contributed by atoms with Gasteiger partial charge < -0.3 is 0 Å². The number of aryl methyl sites for hydroxylation is 1. The highest BCUT2D eigenvalue weighted by atomic mass is 35.5. The van der Waals surface area contributed by atoms with Gasteiger partial charge in [0.1, 0.15) is 5.92 Å². The summed E-state index contributed by atoms with van der Waals surface area (Å²) < 4.78 is 0. The topological polar surface area (TPSA) is 49.9 Å². The number of hydrogen-bond acceptors (Lipinski definition) is 4. The summed E-state index contributed by atoms with van der Waals surface area (Å²) in [6.45, 7) is 2.00. The fourth-order valence-electron chi connectivity index (χ4n) is 4.24. The zero-order chi connectivity index (χ0) is 21.7. The third kappa shape index (κ3) is 3.39. The van der Waals surface area contributed by atoms with Crippen LogP contribution >= 0.6 is 23.2 Å². The van der Waals surface area contributed by atoms with Gasteiger partial charge in [-0.25, -0.2) is 9.96 Å². The summed E-state index contributed by atoms with van der Waals surface area (Å²) in [5, 5.41) is 2.38. The van der Waals surface area contributed by atoms with Crippen molar-refractivity contribution in [1.29, 1.82) is 0 Å². The summed E-state index contributed by atoms with van der Waals surface area (Å²) in [4.78, 5) is 34.1. The van der Waals surface area contributed by atoms with E-state index >= 15 is 0 Å². The molecule has 2 fully saturated rings. The number of benzene rings is 3. The normalized spacial score (nSPS) is 22.9. The fourth-order valence-corrected chi connectivity index (χ4v) is 4.75. The number of rotatable bonds is 3. The third-order valence-corrected chi connectivity index (χ3v) is 6.09. The van der Waals surface area contributed by atoms with Gasteiger partial charge in [-0.05, 0) is 42.8 Å². The van der Waals surface area contributed by atoms with Gasteiger partial charge in [-0.15, -0.1) is 0 Å². The van der Waals surface area contributed by atoms with E-state index in [0.29, 0.717) is 15.7 Å². The molecule has 3 aromatic rings. The molecule has 2 heterocycles. The van der Waals surface area contributed by atoms with Crippen LogP contribution in [0.1, 0.15) is 17.2 Å². The summed E-state index contributed by atoms with van der Waals surface area (Å²) in [6.07, 6.45) is -0.934. The number of para-hydroxylation sites is 1. The molecular formula is C24H18Cl2N2O3. The van der Waals surface area contributed by atoms with Crippen LogP contribution in [0, 0.1) is 12.8 Å². The number of amides is 2. The molecule has 0 N–H and O–H groups in total. The molecule has 2 saturated heterocycles. The zero-order valence-corrected chi connectivity index (χ0v) is 18.0. The lowest BCUT2D eigenvalue weighted by molar-refractivity contribution is -0.126. The Balaban J connectivity index is 1.59. The molecular weight excluding hydrogens is 435 g/mol. The number of nitrogens with zero attached hydrogens (tertiary/aromatic N) is 2. The molecule has 0 saturated carbocycles. The van der Waals surface area contributed by atoms with E-state index < -0.39 is 24.0 Å². The van der Waals surface area contributed by atoms with Crippen LogP contribution in [-0.2, 0) is 14.4 Å². The van der Waals surface area contributed by atoms with Crippen molar-refractivity contribution >= 4 is 46.4 Å². The standard InChI is InChI=1S/C24H18Cl2N2O3/c1-14-7-9-15(10-8-14)21-20-22(31-28(21)18-5-3-2-4-6-18)24(30)27(23(20)29)19-12-16(25)11-17(26)13-19/h2-13,20-22H,1H3/t20-,21-,22-/m1/s1. The van der Waals surface area contributed by atoms with Gasteiger partial charge in [0, 0.05) is 10.0 Å². The Morgan fingerprint density at radius 2 is 1.45 bits per heavy atom. The largest absolute Gasteiger partial charge is 0.273 e. The van der Waals surface area contributed by atoms with E-state index in [1.807, 2.05) is 61.5 Å². The molecule has 156 valence electrons. The quantitative estimate of drug-likeness (QED) is 0.502. The first-order chi connectivity index (χ1) is 14.9. The third-order valence-electron chi connectivity index (χ3n) is 5.65. The maximum absolute atomic E-state index is 13.6. The number of hydroxylamine groups is 1. The van der Waals surface area contributed by atoms with Crippen molar-refractivity contribution < 1.29 is 14.4 Å². The molecule has 3 atom stereocenters. The van der Waals surface area contributed by atoms with Crippen molar-refractivity contribution in [2.24, 2.45) is 5.92 Å². The van der Waals surface area contributed by atoms with Crippen LogP contribution in [0.25, 0.3) is 0 Å². The molecule has 2 amide bonds. The average Bonchev–Trinajstić information content (AvgIpc) is 3.25. The van der Waals surface area contributed by atoms with E-state index in [9.17, 15) is 9.59 Å². The Labute approximate surface area is 189 Å². The van der Waals surface area contributed by atoms with Crippen LogP contribution < -0.4 is 9.96 Å². The summed E-state index contributed by atoms with van der Waals surface area (Å²) in [6, 6.07) is 21.6. The smallest absolute Gasteiger partial charge is 0.266 e. The number of carbonyl (C=O) groups is 2. The number of fused-ring (bicyclic) bond motifs is 1. The van der Waals surface area contributed by atoms with Gasteiger partial charge in [-0.1, -0.05) is 71.2 Å². The Morgan fingerprint density at radius 3 is 2.10 bits per heavy atom. The summed E-state index contributed by atoms with van der Waals surface area (Å²) in [5.41, 5.74) is 3.13. The van der Waals surface area contributed by atoms with Crippen molar-refractivity contribution in [1.82, 2.24) is 0 Å². The van der Waals surface area contributed by atoms with Gasteiger partial charge in [-0.2, -0.15) is 0 Å². The molecule has 0 aliphatic carbocycles. The predicted molar refractivity (Wildman–Crippen MR) is 120 cm³/mol. The minimum atomic E-state index is -0.934. The van der Waals surface area contributed by atoms with E-state index in [1.165, 1.54) is 0 Å². The minimum Gasteiger partial charge on any atom is -0.273 e. The van der Waals surface area contributed by atoms with E-state index in [0.717, 1.165) is 21.7 Å². The molecule has 7 heteroatoms. The van der Waals surface area contributed by atoms with Crippen LogP contribution in [0.3, 0.4) is 0 Å². The van der Waals surface area contributed by atoms with E-state index in [-0.39, 0.29) is 5.91 Å². The van der Waals surface area contributed by atoms with Crippen LogP contribution in [0.5, 0.6) is 0 Å². The van der Waals surface area contributed by atoms with Gasteiger partial charge in [-0.3, -0.25) is 14.4 Å². The maximum Gasteiger partial charge on any atom is 0.266 e. The molecule has 31 heavy (non-hydrogen) atoms. The van der Waals surface area contributed by atoms with Crippen molar-refractivity contribution in [3.63, 3.8) is 0 Å². The second kappa shape index (κ2) is 7.68. The van der Waals surface area contributed by atoms with Gasteiger partial charge in [0.05, 0.1) is 17.4 Å². The van der Waals surface area contributed by atoms with E-state index in [1.54, 1.807) is 23.3 Å². The monoisotopic (exact) mass is 452 g/mol. The summed E-state index contributed by atoms with van der Waals surface area (Å²) in [5.74, 6) is -1.46. The number of carbonyl (C=O) groups excluding carboxylic acids is 2. The van der Waals surface area contributed by atoms with Gasteiger partial charge in [0.15, 0.2) is 6.10 Å². The molecule has 0 radical (unpaired) electrons. The molecule has 0 spiro atoms. The molecule has 0 aromatic heterocycles. The van der Waals surface area contributed by atoms with E-state index in [4.69, 9.17) is 28.0 Å².